The van der Waals surface area contributed by atoms with Crippen molar-refractivity contribution in [3.05, 3.63) is 42.2 Å². The summed E-state index contributed by atoms with van der Waals surface area (Å²) in [6.45, 7) is 6.32. The smallest absolute Gasteiger partial charge is 0.224 e. The van der Waals surface area contributed by atoms with Gasteiger partial charge in [0.25, 0.3) is 0 Å². The largest absolute Gasteiger partial charge is 0.393 e. The highest BCUT2D eigenvalue weighted by Gasteiger charge is 2.25. The zero-order valence-electron chi connectivity index (χ0n) is 21.0. The van der Waals surface area contributed by atoms with Gasteiger partial charge < -0.3 is 20.3 Å². The minimum Gasteiger partial charge on any atom is -0.393 e. The Kier molecular flexibility index (Phi) is 8.11. The number of nitrogens with zero attached hydrogens (tertiary/aromatic N) is 4. The van der Waals surface area contributed by atoms with Gasteiger partial charge in [-0.2, -0.15) is 4.98 Å². The van der Waals surface area contributed by atoms with E-state index in [1.54, 1.807) is 0 Å². The number of aliphatic hydroxyl groups is 1. The Morgan fingerprint density at radius 1 is 1.00 bits per heavy atom. The SMILES string of the molecule is Cl.OC1CCC(n2cc(-c3ccc(CN4CCNCC4)cc3)c3cnc(NCCC4CC4)nc32)CC1. The summed E-state index contributed by atoms with van der Waals surface area (Å²) in [4.78, 5) is 12.2. The van der Waals surface area contributed by atoms with Gasteiger partial charge in [0.2, 0.25) is 5.95 Å². The number of halogens is 1. The number of anilines is 1. The number of fused-ring (bicyclic) bond motifs is 1. The van der Waals surface area contributed by atoms with E-state index in [1.807, 2.05) is 6.20 Å². The van der Waals surface area contributed by atoms with E-state index >= 15 is 0 Å². The van der Waals surface area contributed by atoms with Crippen LogP contribution in [0.2, 0.25) is 0 Å². The highest BCUT2D eigenvalue weighted by Crippen LogP contribution is 2.37. The summed E-state index contributed by atoms with van der Waals surface area (Å²) in [5.74, 6) is 1.62. The van der Waals surface area contributed by atoms with Crippen LogP contribution in [0, 0.1) is 5.92 Å². The summed E-state index contributed by atoms with van der Waals surface area (Å²) in [5, 5.41) is 18.0. The maximum atomic E-state index is 10.1. The van der Waals surface area contributed by atoms with Gasteiger partial charge >= 0.3 is 0 Å². The molecule has 3 heterocycles. The number of nitrogens with one attached hydrogen (secondary N) is 2. The molecule has 3 aliphatic rings. The summed E-state index contributed by atoms with van der Waals surface area (Å²) < 4.78 is 2.36. The second-order valence-electron chi connectivity index (χ2n) is 10.7. The van der Waals surface area contributed by atoms with E-state index in [2.05, 4.69) is 55.5 Å². The molecule has 0 unspecified atom stereocenters. The topological polar surface area (TPSA) is 78.2 Å². The number of aromatic nitrogens is 3. The molecule has 2 saturated carbocycles. The summed E-state index contributed by atoms with van der Waals surface area (Å²) in [6.07, 6.45) is 11.8. The predicted molar refractivity (Wildman–Crippen MR) is 148 cm³/mol. The molecular weight excluding hydrogens is 472 g/mol. The van der Waals surface area contributed by atoms with Crippen molar-refractivity contribution < 1.29 is 5.11 Å². The zero-order chi connectivity index (χ0) is 23.6. The average molecular weight is 511 g/mol. The Hall–Kier alpha value is -2.19. The van der Waals surface area contributed by atoms with E-state index in [9.17, 15) is 5.11 Å². The molecule has 0 radical (unpaired) electrons. The summed E-state index contributed by atoms with van der Waals surface area (Å²) in [6, 6.07) is 9.42. The fourth-order valence-electron chi connectivity index (χ4n) is 5.67. The predicted octanol–water partition coefficient (Wildman–Crippen LogP) is 4.61. The van der Waals surface area contributed by atoms with Crippen molar-refractivity contribution in [3.63, 3.8) is 0 Å². The molecule has 6 rings (SSSR count). The third-order valence-corrected chi connectivity index (χ3v) is 8.04. The lowest BCUT2D eigenvalue weighted by atomic mass is 9.93. The van der Waals surface area contributed by atoms with Crippen LogP contribution in [-0.4, -0.2) is 63.4 Å². The lowest BCUT2D eigenvalue weighted by molar-refractivity contribution is 0.111. The van der Waals surface area contributed by atoms with E-state index in [-0.39, 0.29) is 18.5 Å². The van der Waals surface area contributed by atoms with E-state index in [4.69, 9.17) is 4.98 Å². The van der Waals surface area contributed by atoms with Crippen LogP contribution in [0.25, 0.3) is 22.2 Å². The molecule has 7 nitrogen and oxygen atoms in total. The van der Waals surface area contributed by atoms with Crippen molar-refractivity contribution in [3.8, 4) is 11.1 Å². The van der Waals surface area contributed by atoms with Crippen molar-refractivity contribution >= 4 is 29.4 Å². The Bertz CT molecular complexity index is 1130. The summed E-state index contributed by atoms with van der Waals surface area (Å²) in [7, 11) is 0. The van der Waals surface area contributed by atoms with Crippen molar-refractivity contribution in [2.75, 3.05) is 38.0 Å². The van der Waals surface area contributed by atoms with Crippen LogP contribution in [0.3, 0.4) is 0 Å². The van der Waals surface area contributed by atoms with Crippen molar-refractivity contribution in [1.82, 2.24) is 24.8 Å². The fraction of sp³-hybridized carbons (Fsp3) is 0.571. The van der Waals surface area contributed by atoms with Crippen molar-refractivity contribution in [1.29, 1.82) is 0 Å². The molecular formula is C28H39ClN6O. The van der Waals surface area contributed by atoms with Gasteiger partial charge in [-0.15, -0.1) is 12.4 Å². The Morgan fingerprint density at radius 2 is 1.75 bits per heavy atom. The number of piperazine rings is 1. The lowest BCUT2D eigenvalue weighted by Crippen LogP contribution is -2.42. The van der Waals surface area contributed by atoms with E-state index < -0.39 is 0 Å². The zero-order valence-corrected chi connectivity index (χ0v) is 21.8. The molecule has 8 heteroatoms. The highest BCUT2D eigenvalue weighted by molar-refractivity contribution is 5.94. The number of benzene rings is 1. The van der Waals surface area contributed by atoms with Crippen molar-refractivity contribution in [2.45, 2.75) is 63.6 Å². The minimum absolute atomic E-state index is 0. The van der Waals surface area contributed by atoms with E-state index in [0.29, 0.717) is 6.04 Å². The van der Waals surface area contributed by atoms with E-state index in [0.717, 1.165) is 87.9 Å². The molecule has 3 N–H and O–H groups in total. The molecule has 3 aromatic rings. The van der Waals surface area contributed by atoms with Gasteiger partial charge in [0.1, 0.15) is 5.65 Å². The summed E-state index contributed by atoms with van der Waals surface area (Å²) in [5.41, 5.74) is 4.78. The number of hydrogen-bond acceptors (Lipinski definition) is 6. The van der Waals surface area contributed by atoms with Crippen LogP contribution < -0.4 is 10.6 Å². The monoisotopic (exact) mass is 510 g/mol. The molecule has 2 aliphatic carbocycles. The third-order valence-electron chi connectivity index (χ3n) is 8.04. The van der Waals surface area contributed by atoms with Gasteiger partial charge in [0.15, 0.2) is 0 Å². The molecule has 0 atom stereocenters. The van der Waals surface area contributed by atoms with Crippen LogP contribution in [0.4, 0.5) is 5.95 Å². The number of hydrogen-bond donors (Lipinski definition) is 3. The molecule has 0 spiro atoms. The average Bonchev–Trinajstić information content (AvgIpc) is 3.64. The molecule has 194 valence electrons. The first kappa shape index (κ1) is 25.5. The van der Waals surface area contributed by atoms with Crippen LogP contribution in [0.1, 0.15) is 56.6 Å². The standard InChI is InChI=1S/C28H38N6O.ClH/c35-24-9-7-23(8-10-24)34-19-26(22-5-3-21(4-6-22)18-33-15-13-29-14-16-33)25-17-31-28(32-27(25)34)30-12-11-20-1-2-20;/h3-6,17,19-20,23-24,29,35H,1-2,7-16,18H2,(H,30,31,32);1H. The van der Waals surface area contributed by atoms with Gasteiger partial charge in [-0.3, -0.25) is 4.90 Å². The van der Waals surface area contributed by atoms with Crippen LogP contribution >= 0.6 is 12.4 Å². The molecule has 2 aromatic heterocycles. The van der Waals surface area contributed by atoms with Gasteiger partial charge in [0, 0.05) is 68.7 Å². The molecule has 0 bridgehead atoms. The van der Waals surface area contributed by atoms with Gasteiger partial charge in [0.05, 0.1) is 6.10 Å². The molecule has 0 amide bonds. The second kappa shape index (κ2) is 11.5. The molecule has 1 saturated heterocycles. The quantitative estimate of drug-likeness (QED) is 0.410. The van der Waals surface area contributed by atoms with Crippen LogP contribution in [-0.2, 0) is 6.54 Å². The lowest BCUT2D eigenvalue weighted by Gasteiger charge is -2.27. The fourth-order valence-corrected chi connectivity index (χ4v) is 5.67. The Labute approximate surface area is 220 Å². The van der Waals surface area contributed by atoms with Crippen molar-refractivity contribution in [2.24, 2.45) is 5.92 Å². The molecule has 3 fully saturated rings. The van der Waals surface area contributed by atoms with Crippen LogP contribution in [0.15, 0.2) is 36.7 Å². The Morgan fingerprint density at radius 3 is 2.47 bits per heavy atom. The maximum absolute atomic E-state index is 10.1. The first-order valence-corrected chi connectivity index (χ1v) is 13.5. The number of aliphatic hydroxyl groups excluding tert-OH is 1. The first-order chi connectivity index (χ1) is 17.2. The normalized spacial score (nSPS) is 22.9. The second-order valence-corrected chi connectivity index (χ2v) is 10.7. The summed E-state index contributed by atoms with van der Waals surface area (Å²) >= 11 is 0. The first-order valence-electron chi connectivity index (χ1n) is 13.5. The third kappa shape index (κ3) is 5.86. The number of rotatable bonds is 8. The minimum atomic E-state index is -0.162. The van der Waals surface area contributed by atoms with Crippen LogP contribution in [0.5, 0.6) is 0 Å². The molecule has 1 aromatic carbocycles. The Balaban J connectivity index is 0.00000267. The highest BCUT2D eigenvalue weighted by atomic mass is 35.5. The van der Waals surface area contributed by atoms with Gasteiger partial charge in [-0.05, 0) is 49.1 Å². The maximum Gasteiger partial charge on any atom is 0.224 e. The van der Waals surface area contributed by atoms with Gasteiger partial charge in [-0.25, -0.2) is 4.98 Å². The van der Waals surface area contributed by atoms with Gasteiger partial charge in [-0.1, -0.05) is 37.1 Å². The molecule has 1 aliphatic heterocycles. The molecule has 36 heavy (non-hydrogen) atoms. The van der Waals surface area contributed by atoms with E-state index in [1.165, 1.54) is 36.0 Å².